The lowest BCUT2D eigenvalue weighted by Gasteiger charge is -2.08. The van der Waals surface area contributed by atoms with E-state index >= 15 is 0 Å². The van der Waals surface area contributed by atoms with Crippen molar-refractivity contribution < 1.29 is 9.90 Å². The van der Waals surface area contributed by atoms with Crippen molar-refractivity contribution in [3.63, 3.8) is 0 Å². The number of carboxylic acids is 1. The van der Waals surface area contributed by atoms with Gasteiger partial charge in [-0.3, -0.25) is 4.79 Å². The normalized spacial score (nSPS) is 23.1. The molecular formula is C12H15Cl2NO2. The van der Waals surface area contributed by atoms with E-state index in [0.29, 0.717) is 12.3 Å². The summed E-state index contributed by atoms with van der Waals surface area (Å²) in [4.78, 5) is 10.8. The summed E-state index contributed by atoms with van der Waals surface area (Å²) in [6, 6.07) is 7.35. The first-order chi connectivity index (χ1) is 7.65. The van der Waals surface area contributed by atoms with Gasteiger partial charge in [0, 0.05) is 5.02 Å². The Morgan fingerprint density at radius 1 is 1.41 bits per heavy atom. The highest BCUT2D eigenvalue weighted by Crippen LogP contribution is 2.20. The van der Waals surface area contributed by atoms with Crippen LogP contribution in [0.15, 0.2) is 24.3 Å². The van der Waals surface area contributed by atoms with E-state index in [4.69, 9.17) is 16.7 Å². The average Bonchev–Trinajstić information content (AvgIpc) is 2.70. The van der Waals surface area contributed by atoms with E-state index in [1.807, 2.05) is 24.3 Å². The lowest BCUT2D eigenvalue weighted by atomic mass is 9.97. The van der Waals surface area contributed by atoms with Crippen LogP contribution >= 0.6 is 24.0 Å². The number of benzene rings is 1. The molecule has 1 aliphatic rings. The minimum atomic E-state index is -0.751. The van der Waals surface area contributed by atoms with Crippen LogP contribution in [0.1, 0.15) is 12.0 Å². The third-order valence-corrected chi connectivity index (χ3v) is 3.21. The van der Waals surface area contributed by atoms with Crippen LogP contribution in [0.3, 0.4) is 0 Å². The quantitative estimate of drug-likeness (QED) is 0.891. The van der Waals surface area contributed by atoms with Gasteiger partial charge in [0.2, 0.25) is 0 Å². The molecule has 2 rings (SSSR count). The number of nitrogens with one attached hydrogen (secondary N) is 1. The molecule has 1 aromatic rings. The van der Waals surface area contributed by atoms with E-state index < -0.39 is 5.97 Å². The fourth-order valence-corrected chi connectivity index (χ4v) is 2.23. The molecule has 5 heteroatoms. The Balaban J connectivity index is 0.00000144. The predicted octanol–water partition coefficient (Wildman–Crippen LogP) is 2.37. The largest absolute Gasteiger partial charge is 0.480 e. The fourth-order valence-electron chi connectivity index (χ4n) is 2.11. The van der Waals surface area contributed by atoms with Crippen LogP contribution < -0.4 is 5.32 Å². The zero-order valence-electron chi connectivity index (χ0n) is 9.23. The highest BCUT2D eigenvalue weighted by atomic mass is 35.5. The summed E-state index contributed by atoms with van der Waals surface area (Å²) in [5.41, 5.74) is 1.21. The van der Waals surface area contributed by atoms with Gasteiger partial charge in [-0.15, -0.1) is 12.4 Å². The van der Waals surface area contributed by atoms with Crippen LogP contribution in [0, 0.1) is 5.92 Å². The van der Waals surface area contributed by atoms with Crippen LogP contribution in [-0.4, -0.2) is 23.7 Å². The topological polar surface area (TPSA) is 49.3 Å². The molecule has 0 bridgehead atoms. The van der Waals surface area contributed by atoms with Crippen molar-refractivity contribution in [2.24, 2.45) is 5.92 Å². The van der Waals surface area contributed by atoms with Gasteiger partial charge in [-0.05, 0) is 43.0 Å². The third kappa shape index (κ3) is 3.87. The number of hydrogen-bond donors (Lipinski definition) is 2. The molecule has 1 saturated heterocycles. The molecule has 1 aliphatic heterocycles. The third-order valence-electron chi connectivity index (χ3n) is 2.96. The molecule has 2 atom stereocenters. The van der Waals surface area contributed by atoms with Crippen LogP contribution in [-0.2, 0) is 11.2 Å². The van der Waals surface area contributed by atoms with Crippen molar-refractivity contribution in [2.45, 2.75) is 18.9 Å². The molecule has 2 N–H and O–H groups in total. The van der Waals surface area contributed by atoms with Crippen LogP contribution in [0.4, 0.5) is 0 Å². The first-order valence-electron chi connectivity index (χ1n) is 5.36. The molecule has 0 radical (unpaired) electrons. The van der Waals surface area contributed by atoms with Crippen molar-refractivity contribution in [2.75, 3.05) is 6.54 Å². The Labute approximate surface area is 112 Å². The van der Waals surface area contributed by atoms with Crippen molar-refractivity contribution in [3.8, 4) is 0 Å². The number of carbonyl (C=O) groups is 1. The maximum absolute atomic E-state index is 10.8. The monoisotopic (exact) mass is 275 g/mol. The fraction of sp³-hybridized carbons (Fsp3) is 0.417. The number of hydrogen-bond acceptors (Lipinski definition) is 2. The minimum Gasteiger partial charge on any atom is -0.480 e. The van der Waals surface area contributed by atoms with E-state index in [9.17, 15) is 4.79 Å². The smallest absolute Gasteiger partial charge is 0.320 e. The predicted molar refractivity (Wildman–Crippen MR) is 69.9 cm³/mol. The summed E-state index contributed by atoms with van der Waals surface area (Å²) in [7, 11) is 0. The number of aliphatic carboxylic acids is 1. The van der Waals surface area contributed by atoms with Crippen molar-refractivity contribution in [1.82, 2.24) is 5.32 Å². The molecule has 17 heavy (non-hydrogen) atoms. The number of carboxylic acid groups (broad SMARTS) is 1. The first kappa shape index (κ1) is 14.3. The van der Waals surface area contributed by atoms with Gasteiger partial charge in [0.1, 0.15) is 6.04 Å². The summed E-state index contributed by atoms with van der Waals surface area (Å²) in [6.45, 7) is 0.777. The minimum absolute atomic E-state index is 0. The van der Waals surface area contributed by atoms with Gasteiger partial charge >= 0.3 is 5.97 Å². The summed E-state index contributed by atoms with van der Waals surface area (Å²) >= 11 is 5.80. The molecular weight excluding hydrogens is 261 g/mol. The molecule has 1 heterocycles. The highest BCUT2D eigenvalue weighted by Gasteiger charge is 2.28. The molecule has 0 aliphatic carbocycles. The molecule has 1 aromatic carbocycles. The van der Waals surface area contributed by atoms with Crippen LogP contribution in [0.2, 0.25) is 5.02 Å². The Kier molecular flexibility index (Phi) is 5.25. The van der Waals surface area contributed by atoms with E-state index in [2.05, 4.69) is 5.32 Å². The second kappa shape index (κ2) is 6.24. The maximum Gasteiger partial charge on any atom is 0.320 e. The Hall–Kier alpha value is -0.770. The van der Waals surface area contributed by atoms with Gasteiger partial charge in [-0.2, -0.15) is 0 Å². The Morgan fingerprint density at radius 2 is 2.06 bits per heavy atom. The van der Waals surface area contributed by atoms with Crippen molar-refractivity contribution in [1.29, 1.82) is 0 Å². The van der Waals surface area contributed by atoms with E-state index in [1.165, 1.54) is 5.56 Å². The molecule has 0 saturated carbocycles. The second-order valence-electron chi connectivity index (χ2n) is 4.23. The summed E-state index contributed by atoms with van der Waals surface area (Å²) in [5.74, 6) is -0.346. The van der Waals surface area contributed by atoms with E-state index in [-0.39, 0.29) is 18.4 Å². The standard InChI is InChI=1S/C12H14ClNO2.ClH/c13-10-3-1-8(2-4-10)5-9-6-11(12(15)16)14-7-9;/h1-4,9,11,14H,5-7H2,(H,15,16);1H/t9?,11-;/m0./s1. The van der Waals surface area contributed by atoms with Gasteiger partial charge in [0.05, 0.1) is 0 Å². The molecule has 94 valence electrons. The first-order valence-corrected chi connectivity index (χ1v) is 5.73. The van der Waals surface area contributed by atoms with Gasteiger partial charge < -0.3 is 10.4 Å². The van der Waals surface area contributed by atoms with Crippen LogP contribution in [0.5, 0.6) is 0 Å². The molecule has 3 nitrogen and oxygen atoms in total. The van der Waals surface area contributed by atoms with Crippen LogP contribution in [0.25, 0.3) is 0 Å². The van der Waals surface area contributed by atoms with E-state index in [1.54, 1.807) is 0 Å². The van der Waals surface area contributed by atoms with Crippen molar-refractivity contribution in [3.05, 3.63) is 34.9 Å². The summed E-state index contributed by atoms with van der Waals surface area (Å²) in [6.07, 6.45) is 1.62. The second-order valence-corrected chi connectivity index (χ2v) is 4.67. The zero-order valence-corrected chi connectivity index (χ0v) is 10.8. The molecule has 1 unspecified atom stereocenters. The molecule has 0 spiro atoms. The zero-order chi connectivity index (χ0) is 11.5. The number of halogens is 2. The molecule has 0 aromatic heterocycles. The number of rotatable bonds is 3. The summed E-state index contributed by atoms with van der Waals surface area (Å²) in [5, 5.41) is 12.6. The maximum atomic E-state index is 10.8. The van der Waals surface area contributed by atoms with Crippen molar-refractivity contribution >= 4 is 30.0 Å². The highest BCUT2D eigenvalue weighted by molar-refractivity contribution is 6.30. The SMILES string of the molecule is Cl.O=C(O)[C@@H]1CC(Cc2ccc(Cl)cc2)CN1. The Bertz CT molecular complexity index is 381. The van der Waals surface area contributed by atoms with Gasteiger partial charge in [-0.25, -0.2) is 0 Å². The van der Waals surface area contributed by atoms with Gasteiger partial charge in [-0.1, -0.05) is 23.7 Å². The lowest BCUT2D eigenvalue weighted by molar-refractivity contribution is -0.139. The Morgan fingerprint density at radius 3 is 2.59 bits per heavy atom. The van der Waals surface area contributed by atoms with E-state index in [0.717, 1.165) is 18.0 Å². The van der Waals surface area contributed by atoms with Gasteiger partial charge in [0.25, 0.3) is 0 Å². The average molecular weight is 276 g/mol. The molecule has 0 amide bonds. The molecule has 1 fully saturated rings. The van der Waals surface area contributed by atoms with Gasteiger partial charge in [0.15, 0.2) is 0 Å². The summed E-state index contributed by atoms with van der Waals surface area (Å²) < 4.78 is 0. The lowest BCUT2D eigenvalue weighted by Crippen LogP contribution is -2.29.